The summed E-state index contributed by atoms with van der Waals surface area (Å²) in [5.74, 6) is 0.651. The molecule has 6 rings (SSSR count). The number of fused-ring (bicyclic) bond motifs is 5. The van der Waals surface area contributed by atoms with Gasteiger partial charge in [-0.05, 0) is 73.7 Å². The lowest BCUT2D eigenvalue weighted by Gasteiger charge is -2.10. The van der Waals surface area contributed by atoms with E-state index in [9.17, 15) is 9.59 Å². The Balaban J connectivity index is 1.51. The van der Waals surface area contributed by atoms with E-state index >= 15 is 0 Å². The number of hydrogen-bond acceptors (Lipinski definition) is 6. The van der Waals surface area contributed by atoms with E-state index in [1.165, 1.54) is 16.6 Å². The molecule has 1 aliphatic carbocycles. The fourth-order valence-corrected chi connectivity index (χ4v) is 6.89. The first-order valence-electron chi connectivity index (χ1n) is 10.9. The Labute approximate surface area is 208 Å². The number of nitrogens with zero attached hydrogens (tertiary/aromatic N) is 4. The molecular weight excluding hydrogens is 488 g/mol. The minimum atomic E-state index is -0.0614. The Hall–Kier alpha value is -2.94. The van der Waals surface area contributed by atoms with Gasteiger partial charge in [-0.2, -0.15) is 0 Å². The van der Waals surface area contributed by atoms with E-state index in [-0.39, 0.29) is 17.1 Å². The zero-order valence-corrected chi connectivity index (χ0v) is 20.6. The quantitative estimate of drug-likeness (QED) is 0.232. The van der Waals surface area contributed by atoms with Gasteiger partial charge in [-0.1, -0.05) is 35.5 Å². The maximum atomic E-state index is 13.8. The highest BCUT2D eigenvalue weighted by molar-refractivity contribution is 7.99. The van der Waals surface area contributed by atoms with Crippen LogP contribution in [0.3, 0.4) is 0 Å². The highest BCUT2D eigenvalue weighted by atomic mass is 35.5. The normalized spacial score (nSPS) is 13.1. The van der Waals surface area contributed by atoms with Gasteiger partial charge in [-0.25, -0.2) is 8.97 Å². The molecular formula is C25H19ClN4O2S2. The minimum Gasteiger partial charge on any atom is -0.293 e. The van der Waals surface area contributed by atoms with Crippen LogP contribution in [0.4, 0.5) is 0 Å². The predicted molar refractivity (Wildman–Crippen MR) is 137 cm³/mol. The molecule has 0 saturated heterocycles. The third kappa shape index (κ3) is 3.48. The number of benzene rings is 2. The van der Waals surface area contributed by atoms with Crippen LogP contribution in [-0.2, 0) is 12.8 Å². The van der Waals surface area contributed by atoms with Crippen molar-refractivity contribution in [3.05, 3.63) is 85.5 Å². The number of carbonyl (C=O) groups is 1. The van der Waals surface area contributed by atoms with Crippen LogP contribution in [0.15, 0.2) is 58.5 Å². The molecule has 0 aliphatic heterocycles. The molecule has 0 N–H and O–H groups in total. The molecule has 0 fully saturated rings. The molecule has 9 heteroatoms. The third-order valence-corrected chi connectivity index (χ3v) is 8.56. The van der Waals surface area contributed by atoms with Gasteiger partial charge in [-0.15, -0.1) is 21.5 Å². The number of aromatic nitrogens is 4. The third-order valence-electron chi connectivity index (χ3n) is 6.10. The van der Waals surface area contributed by atoms with Crippen molar-refractivity contribution in [1.29, 1.82) is 0 Å². The smallest absolute Gasteiger partial charge is 0.268 e. The lowest BCUT2D eigenvalue weighted by molar-refractivity contribution is 0.102. The Kier molecular flexibility index (Phi) is 5.32. The molecule has 34 heavy (non-hydrogen) atoms. The van der Waals surface area contributed by atoms with Crippen LogP contribution < -0.4 is 5.56 Å². The van der Waals surface area contributed by atoms with E-state index in [1.807, 2.05) is 35.6 Å². The lowest BCUT2D eigenvalue weighted by atomic mass is 10.1. The number of aryl methyl sites for hydroxylation is 3. The molecule has 0 radical (unpaired) electrons. The zero-order valence-electron chi connectivity index (χ0n) is 18.2. The van der Waals surface area contributed by atoms with Crippen LogP contribution in [0, 0.1) is 6.92 Å². The molecule has 0 spiro atoms. The number of hydrogen-bond donors (Lipinski definition) is 0. The number of halogens is 1. The molecule has 0 saturated carbocycles. The Morgan fingerprint density at radius 3 is 2.76 bits per heavy atom. The summed E-state index contributed by atoms with van der Waals surface area (Å²) >= 11 is 8.93. The number of Topliss-reactive ketones (excluding diaryl/α,β-unsaturated/α-hetero) is 1. The Morgan fingerprint density at radius 2 is 1.97 bits per heavy atom. The van der Waals surface area contributed by atoms with Crippen molar-refractivity contribution in [2.45, 2.75) is 31.3 Å². The number of rotatable bonds is 5. The molecule has 2 aromatic carbocycles. The molecule has 1 aliphatic rings. The summed E-state index contributed by atoms with van der Waals surface area (Å²) in [7, 11) is 0. The van der Waals surface area contributed by atoms with Crippen molar-refractivity contribution >= 4 is 56.5 Å². The topological polar surface area (TPSA) is 69.3 Å². The number of thioether (sulfide) groups is 1. The summed E-state index contributed by atoms with van der Waals surface area (Å²) in [5, 5.41) is 10.8. The largest absolute Gasteiger partial charge is 0.293 e. The van der Waals surface area contributed by atoms with Crippen molar-refractivity contribution in [1.82, 2.24) is 19.2 Å². The highest BCUT2D eigenvalue weighted by Gasteiger charge is 2.26. The van der Waals surface area contributed by atoms with Gasteiger partial charge in [0.2, 0.25) is 5.78 Å². The number of carbonyl (C=O) groups excluding carboxylic acids is 1. The average Bonchev–Trinajstić information content (AvgIpc) is 3.52. The van der Waals surface area contributed by atoms with E-state index in [0.29, 0.717) is 21.5 Å². The molecule has 5 aromatic rings. The van der Waals surface area contributed by atoms with Crippen LogP contribution in [0.2, 0.25) is 5.02 Å². The van der Waals surface area contributed by atoms with E-state index in [2.05, 4.69) is 10.2 Å². The van der Waals surface area contributed by atoms with Crippen molar-refractivity contribution in [2.24, 2.45) is 0 Å². The summed E-state index contributed by atoms with van der Waals surface area (Å²) in [6.45, 7) is 2.00. The first kappa shape index (κ1) is 21.6. The van der Waals surface area contributed by atoms with Gasteiger partial charge in [0, 0.05) is 15.5 Å². The zero-order chi connectivity index (χ0) is 23.4. The fraction of sp³-hybridized carbons (Fsp3) is 0.200. The second-order valence-electron chi connectivity index (χ2n) is 8.35. The van der Waals surface area contributed by atoms with Gasteiger partial charge >= 0.3 is 0 Å². The maximum absolute atomic E-state index is 13.8. The van der Waals surface area contributed by atoms with Gasteiger partial charge < -0.3 is 0 Å². The van der Waals surface area contributed by atoms with E-state index in [0.717, 1.165) is 46.3 Å². The van der Waals surface area contributed by atoms with Crippen molar-refractivity contribution < 1.29 is 4.79 Å². The molecule has 3 heterocycles. The van der Waals surface area contributed by atoms with Crippen LogP contribution >= 0.6 is 34.7 Å². The lowest BCUT2D eigenvalue weighted by Crippen LogP contribution is -2.22. The van der Waals surface area contributed by atoms with Gasteiger partial charge in [0.25, 0.3) is 5.56 Å². The molecule has 0 bridgehead atoms. The summed E-state index contributed by atoms with van der Waals surface area (Å²) in [6.07, 6.45) is 2.96. The van der Waals surface area contributed by atoms with Gasteiger partial charge in [0.1, 0.15) is 4.83 Å². The number of thiophene rings is 1. The summed E-state index contributed by atoms with van der Waals surface area (Å²) in [5.41, 5.74) is 3.50. The van der Waals surface area contributed by atoms with Crippen LogP contribution in [0.25, 0.3) is 21.7 Å². The standard InChI is InChI=1S/C25H19ClN4O2S2/c1-14-4-2-5-17(12-14)29-22(32)21-18-6-3-7-20(18)34-23(21)30-24(29)27-28-25(30)33-13-19(31)15-8-10-16(26)11-9-15/h2,4-5,8-12H,3,6-7,13H2,1H3. The second kappa shape index (κ2) is 8.37. The molecule has 170 valence electrons. The maximum Gasteiger partial charge on any atom is 0.268 e. The first-order valence-corrected chi connectivity index (χ1v) is 13.1. The summed E-state index contributed by atoms with van der Waals surface area (Å²) in [4.78, 5) is 28.7. The first-order chi connectivity index (χ1) is 16.5. The monoisotopic (exact) mass is 506 g/mol. The molecule has 0 atom stereocenters. The summed E-state index contributed by atoms with van der Waals surface area (Å²) in [6, 6.07) is 14.7. The van der Waals surface area contributed by atoms with E-state index in [1.54, 1.807) is 40.2 Å². The van der Waals surface area contributed by atoms with Crippen molar-refractivity contribution in [3.8, 4) is 5.69 Å². The van der Waals surface area contributed by atoms with Crippen LogP contribution in [0.1, 0.15) is 32.8 Å². The minimum absolute atomic E-state index is 0.0182. The molecule has 6 nitrogen and oxygen atoms in total. The van der Waals surface area contributed by atoms with E-state index in [4.69, 9.17) is 11.6 Å². The molecule has 0 unspecified atom stereocenters. The fourth-order valence-electron chi connectivity index (χ4n) is 4.50. The summed E-state index contributed by atoms with van der Waals surface area (Å²) < 4.78 is 3.60. The molecule has 3 aromatic heterocycles. The van der Waals surface area contributed by atoms with Crippen molar-refractivity contribution in [2.75, 3.05) is 5.75 Å². The second-order valence-corrected chi connectivity index (χ2v) is 10.8. The average molecular weight is 507 g/mol. The van der Waals surface area contributed by atoms with Gasteiger partial charge in [0.15, 0.2) is 10.9 Å². The SMILES string of the molecule is Cc1cccc(-n2c(=O)c3c4c(sc3n3c(SCC(=O)c5ccc(Cl)cc5)nnc23)CCC4)c1. The van der Waals surface area contributed by atoms with Crippen LogP contribution in [-0.4, -0.2) is 30.7 Å². The van der Waals surface area contributed by atoms with Gasteiger partial charge in [0.05, 0.1) is 16.8 Å². The predicted octanol–water partition coefficient (Wildman–Crippen LogP) is 5.52. The number of ketones is 1. The Bertz CT molecular complexity index is 1650. The van der Waals surface area contributed by atoms with Crippen molar-refractivity contribution in [3.63, 3.8) is 0 Å². The van der Waals surface area contributed by atoms with E-state index < -0.39 is 0 Å². The highest BCUT2D eigenvalue weighted by Crippen LogP contribution is 2.37. The van der Waals surface area contributed by atoms with Crippen LogP contribution in [0.5, 0.6) is 0 Å². The van der Waals surface area contributed by atoms with Gasteiger partial charge in [-0.3, -0.25) is 9.59 Å². The molecule has 0 amide bonds. The Morgan fingerprint density at radius 1 is 1.15 bits per heavy atom.